The van der Waals surface area contributed by atoms with Gasteiger partial charge in [-0.3, -0.25) is 4.79 Å². The van der Waals surface area contributed by atoms with E-state index in [1.807, 2.05) is 35.8 Å². The smallest absolute Gasteiger partial charge is 0.234 e. The lowest BCUT2D eigenvalue weighted by Crippen LogP contribution is -2.15. The quantitative estimate of drug-likeness (QED) is 0.527. The largest absolute Gasteiger partial charge is 0.495 e. The number of halogens is 2. The summed E-state index contributed by atoms with van der Waals surface area (Å²) in [7, 11) is 1.54. The molecule has 1 heterocycles. The maximum Gasteiger partial charge on any atom is 0.234 e. The molecule has 28 heavy (non-hydrogen) atoms. The monoisotopic (exact) mass is 436 g/mol. The molecule has 0 saturated heterocycles. The van der Waals surface area contributed by atoms with Crippen molar-refractivity contribution in [2.45, 2.75) is 18.6 Å². The number of hydrogen-bond acceptors (Lipinski definition) is 5. The van der Waals surface area contributed by atoms with Crippen molar-refractivity contribution in [1.82, 2.24) is 14.8 Å². The number of ether oxygens (including phenoxy) is 1. The number of hydrogen-bond donors (Lipinski definition) is 1. The van der Waals surface area contributed by atoms with E-state index in [1.165, 1.54) is 18.9 Å². The minimum absolute atomic E-state index is 0.163. The Hall–Kier alpha value is -2.22. The van der Waals surface area contributed by atoms with Crippen LogP contribution in [0, 0.1) is 0 Å². The van der Waals surface area contributed by atoms with Gasteiger partial charge in [-0.2, -0.15) is 0 Å². The summed E-state index contributed by atoms with van der Waals surface area (Å²) in [5, 5.41) is 13.1. The van der Waals surface area contributed by atoms with Crippen molar-refractivity contribution in [1.29, 1.82) is 0 Å². The standard InChI is InChI=1S/C19H18Cl2N4O2S/c1-3-25-18(13-6-4-5-7-14(13)21)23-24-19(25)28-11-17(26)22-15-10-12(20)8-9-16(15)27-2/h4-10H,3,11H2,1-2H3,(H,22,26). The lowest BCUT2D eigenvalue weighted by atomic mass is 10.2. The average Bonchev–Trinajstić information content (AvgIpc) is 3.09. The highest BCUT2D eigenvalue weighted by Crippen LogP contribution is 2.30. The van der Waals surface area contributed by atoms with Crippen molar-refractivity contribution in [3.05, 3.63) is 52.5 Å². The predicted octanol–water partition coefficient (Wildman–Crippen LogP) is 5.01. The molecular formula is C19H18Cl2N4O2S. The molecule has 2 aromatic carbocycles. The zero-order valence-corrected chi connectivity index (χ0v) is 17.6. The van der Waals surface area contributed by atoms with Crippen LogP contribution in [0.5, 0.6) is 5.75 Å². The van der Waals surface area contributed by atoms with Gasteiger partial charge in [0.05, 0.1) is 23.6 Å². The van der Waals surface area contributed by atoms with Crippen molar-refractivity contribution >= 4 is 46.6 Å². The first-order chi connectivity index (χ1) is 13.5. The summed E-state index contributed by atoms with van der Waals surface area (Å²) in [6.45, 7) is 2.64. The third-order valence-corrected chi connectivity index (χ3v) is 5.45. The van der Waals surface area contributed by atoms with Crippen molar-refractivity contribution in [2.75, 3.05) is 18.2 Å². The molecule has 1 N–H and O–H groups in total. The fraction of sp³-hybridized carbons (Fsp3) is 0.211. The lowest BCUT2D eigenvalue weighted by Gasteiger charge is -2.11. The average molecular weight is 437 g/mol. The number of nitrogens with one attached hydrogen (secondary N) is 1. The molecule has 1 aromatic heterocycles. The van der Waals surface area contributed by atoms with Gasteiger partial charge >= 0.3 is 0 Å². The van der Waals surface area contributed by atoms with E-state index in [4.69, 9.17) is 27.9 Å². The van der Waals surface area contributed by atoms with E-state index in [2.05, 4.69) is 15.5 Å². The van der Waals surface area contributed by atoms with Crippen molar-refractivity contribution < 1.29 is 9.53 Å². The second kappa shape index (κ2) is 9.32. The van der Waals surface area contributed by atoms with E-state index in [0.29, 0.717) is 39.0 Å². The number of benzene rings is 2. The van der Waals surface area contributed by atoms with E-state index in [0.717, 1.165) is 5.56 Å². The molecule has 6 nitrogen and oxygen atoms in total. The molecule has 0 spiro atoms. The highest BCUT2D eigenvalue weighted by molar-refractivity contribution is 7.99. The fourth-order valence-corrected chi connectivity index (χ4v) is 3.81. The molecule has 0 fully saturated rings. The van der Waals surface area contributed by atoms with Crippen LogP contribution in [0.4, 0.5) is 5.69 Å². The van der Waals surface area contributed by atoms with Crippen molar-refractivity contribution in [2.24, 2.45) is 0 Å². The van der Waals surface area contributed by atoms with Gasteiger partial charge in [0, 0.05) is 17.1 Å². The van der Waals surface area contributed by atoms with Gasteiger partial charge < -0.3 is 14.6 Å². The number of thioether (sulfide) groups is 1. The van der Waals surface area contributed by atoms with Gasteiger partial charge in [-0.25, -0.2) is 0 Å². The van der Waals surface area contributed by atoms with Crippen LogP contribution in [-0.2, 0) is 11.3 Å². The molecule has 0 bridgehead atoms. The molecule has 0 saturated carbocycles. The van der Waals surface area contributed by atoms with Gasteiger partial charge in [0.1, 0.15) is 5.75 Å². The summed E-state index contributed by atoms with van der Waals surface area (Å²) < 4.78 is 7.17. The summed E-state index contributed by atoms with van der Waals surface area (Å²) in [5.74, 6) is 1.18. The summed E-state index contributed by atoms with van der Waals surface area (Å²) in [6, 6.07) is 12.5. The van der Waals surface area contributed by atoms with E-state index in [-0.39, 0.29) is 11.7 Å². The first-order valence-corrected chi connectivity index (χ1v) is 10.2. The van der Waals surface area contributed by atoms with Gasteiger partial charge in [0.15, 0.2) is 11.0 Å². The summed E-state index contributed by atoms with van der Waals surface area (Å²) in [5.41, 5.74) is 1.33. The number of aromatic nitrogens is 3. The highest BCUT2D eigenvalue weighted by Gasteiger charge is 2.17. The number of anilines is 1. The molecule has 3 aromatic rings. The maximum atomic E-state index is 12.4. The number of nitrogens with zero attached hydrogens (tertiary/aromatic N) is 3. The lowest BCUT2D eigenvalue weighted by molar-refractivity contribution is -0.113. The first-order valence-electron chi connectivity index (χ1n) is 8.47. The van der Waals surface area contributed by atoms with Gasteiger partial charge in [-0.15, -0.1) is 10.2 Å². The number of rotatable bonds is 7. The molecule has 0 aliphatic carbocycles. The van der Waals surface area contributed by atoms with Crippen LogP contribution in [0.25, 0.3) is 11.4 Å². The van der Waals surface area contributed by atoms with Crippen LogP contribution in [0.3, 0.4) is 0 Å². The van der Waals surface area contributed by atoms with Crippen LogP contribution in [0.1, 0.15) is 6.92 Å². The van der Waals surface area contributed by atoms with E-state index in [9.17, 15) is 4.79 Å². The molecule has 9 heteroatoms. The van der Waals surface area contributed by atoms with Crippen LogP contribution >= 0.6 is 35.0 Å². The Kier molecular flexibility index (Phi) is 6.83. The summed E-state index contributed by atoms with van der Waals surface area (Å²) in [4.78, 5) is 12.4. The Morgan fingerprint density at radius 3 is 2.71 bits per heavy atom. The normalized spacial score (nSPS) is 10.7. The van der Waals surface area contributed by atoms with E-state index >= 15 is 0 Å². The van der Waals surface area contributed by atoms with Crippen LogP contribution < -0.4 is 10.1 Å². The number of carbonyl (C=O) groups excluding carboxylic acids is 1. The van der Waals surface area contributed by atoms with E-state index < -0.39 is 0 Å². The Labute approximate surface area is 177 Å². The first kappa shape index (κ1) is 20.5. The van der Waals surface area contributed by atoms with Gasteiger partial charge in [-0.05, 0) is 37.3 Å². The zero-order valence-electron chi connectivity index (χ0n) is 15.3. The minimum atomic E-state index is -0.199. The molecule has 0 radical (unpaired) electrons. The molecule has 0 aliphatic rings. The molecular weight excluding hydrogens is 419 g/mol. The van der Waals surface area contributed by atoms with Gasteiger partial charge in [-0.1, -0.05) is 47.1 Å². The predicted molar refractivity (Wildman–Crippen MR) is 113 cm³/mol. The van der Waals surface area contributed by atoms with Crippen LogP contribution in [0.15, 0.2) is 47.6 Å². The topological polar surface area (TPSA) is 69.0 Å². The number of methoxy groups -OCH3 is 1. The van der Waals surface area contributed by atoms with Crippen molar-refractivity contribution in [3.8, 4) is 17.1 Å². The number of amides is 1. The van der Waals surface area contributed by atoms with Gasteiger partial charge in [0.25, 0.3) is 0 Å². The number of carbonyl (C=O) groups is 1. The Morgan fingerprint density at radius 1 is 1.21 bits per heavy atom. The minimum Gasteiger partial charge on any atom is -0.495 e. The highest BCUT2D eigenvalue weighted by atomic mass is 35.5. The maximum absolute atomic E-state index is 12.4. The van der Waals surface area contributed by atoms with E-state index in [1.54, 1.807) is 18.2 Å². The van der Waals surface area contributed by atoms with Crippen LogP contribution in [-0.4, -0.2) is 33.5 Å². The molecule has 0 atom stereocenters. The summed E-state index contributed by atoms with van der Waals surface area (Å²) >= 11 is 13.6. The molecule has 0 aliphatic heterocycles. The molecule has 146 valence electrons. The Morgan fingerprint density at radius 2 is 2.00 bits per heavy atom. The third-order valence-electron chi connectivity index (χ3n) is 3.92. The van der Waals surface area contributed by atoms with Crippen molar-refractivity contribution in [3.63, 3.8) is 0 Å². The molecule has 1 amide bonds. The fourth-order valence-electron chi connectivity index (χ4n) is 2.62. The van der Waals surface area contributed by atoms with Crippen LogP contribution in [0.2, 0.25) is 10.0 Å². The Balaban J connectivity index is 1.72. The van der Waals surface area contributed by atoms with Gasteiger partial charge in [0.2, 0.25) is 5.91 Å². The molecule has 0 unspecified atom stereocenters. The molecule has 3 rings (SSSR count). The summed E-state index contributed by atoms with van der Waals surface area (Å²) in [6.07, 6.45) is 0. The third kappa shape index (κ3) is 4.60. The second-order valence-electron chi connectivity index (χ2n) is 5.71. The SMILES string of the molecule is CCn1c(SCC(=O)Nc2cc(Cl)ccc2OC)nnc1-c1ccccc1Cl. The Bertz CT molecular complexity index is 994. The second-order valence-corrected chi connectivity index (χ2v) is 7.50. The zero-order chi connectivity index (χ0) is 20.1.